The molecule has 0 saturated carbocycles. The molecule has 8 heteroatoms. The minimum atomic E-state index is -0.334. The molecule has 1 fully saturated rings. The average molecular weight is 547 g/mol. The fourth-order valence-electron chi connectivity index (χ4n) is 4.93. The monoisotopic (exact) mass is 547 g/mol. The summed E-state index contributed by atoms with van der Waals surface area (Å²) in [5, 5.41) is 8.13. The second-order valence-electron chi connectivity index (χ2n) is 8.58. The molecule has 6 nitrogen and oxygen atoms in total. The number of nitrogens with zero attached hydrogens (tertiary/aromatic N) is 3. The van der Waals surface area contributed by atoms with E-state index in [0.29, 0.717) is 11.4 Å². The second kappa shape index (κ2) is 8.13. The summed E-state index contributed by atoms with van der Waals surface area (Å²) < 4.78 is 28.3. The SMILES string of the molecule is Cc1cc(OCc2cnnn2-c2cc(F)ccc2I)c(C)c2c1CC[C@H]1[C@H](C)C(=O)O[C@@H]21. The van der Waals surface area contributed by atoms with Gasteiger partial charge in [-0.05, 0) is 84.2 Å². The lowest BCUT2D eigenvalue weighted by Gasteiger charge is -2.31. The Morgan fingerprint density at radius 1 is 1.31 bits per heavy atom. The first-order chi connectivity index (χ1) is 15.3. The molecule has 3 aromatic rings. The summed E-state index contributed by atoms with van der Waals surface area (Å²) in [6.45, 7) is 6.29. The summed E-state index contributed by atoms with van der Waals surface area (Å²) in [6, 6.07) is 6.61. The molecule has 5 rings (SSSR count). The van der Waals surface area contributed by atoms with Crippen molar-refractivity contribution in [2.45, 2.75) is 46.3 Å². The molecule has 0 radical (unpaired) electrons. The van der Waals surface area contributed by atoms with Crippen molar-refractivity contribution in [3.05, 3.63) is 67.8 Å². The lowest BCUT2D eigenvalue weighted by molar-refractivity contribution is -0.144. The minimum absolute atomic E-state index is 0.0772. The molecule has 1 aliphatic heterocycles. The fourth-order valence-corrected chi connectivity index (χ4v) is 5.49. The number of ether oxygens (including phenoxy) is 2. The number of hydrogen-bond acceptors (Lipinski definition) is 5. The Balaban J connectivity index is 1.46. The molecule has 1 aliphatic carbocycles. The highest BCUT2D eigenvalue weighted by atomic mass is 127. The summed E-state index contributed by atoms with van der Waals surface area (Å²) in [5.74, 6) is 0.435. The molecule has 32 heavy (non-hydrogen) atoms. The van der Waals surface area contributed by atoms with Crippen LogP contribution in [0.1, 0.15) is 47.4 Å². The van der Waals surface area contributed by atoms with Crippen LogP contribution in [0, 0.1) is 35.1 Å². The van der Waals surface area contributed by atoms with E-state index in [1.165, 1.54) is 17.7 Å². The van der Waals surface area contributed by atoms with Crippen LogP contribution in [0.25, 0.3) is 5.69 Å². The van der Waals surface area contributed by atoms with Crippen LogP contribution in [0.3, 0.4) is 0 Å². The zero-order valence-corrected chi connectivity index (χ0v) is 20.2. The summed E-state index contributed by atoms with van der Waals surface area (Å²) in [7, 11) is 0. The number of aryl methyl sites for hydroxylation is 1. The van der Waals surface area contributed by atoms with Gasteiger partial charge in [0.15, 0.2) is 0 Å². The summed E-state index contributed by atoms with van der Waals surface area (Å²) in [5.41, 5.74) is 5.83. The minimum Gasteiger partial charge on any atom is -0.487 e. The van der Waals surface area contributed by atoms with E-state index >= 15 is 0 Å². The molecule has 0 N–H and O–H groups in total. The molecule has 1 aromatic heterocycles. The molecule has 0 spiro atoms. The van der Waals surface area contributed by atoms with Crippen LogP contribution in [0.4, 0.5) is 4.39 Å². The maximum Gasteiger partial charge on any atom is 0.309 e. The Labute approximate surface area is 199 Å². The zero-order valence-electron chi connectivity index (χ0n) is 18.1. The number of rotatable bonds is 4. The Morgan fingerprint density at radius 2 is 2.12 bits per heavy atom. The third-order valence-corrected chi connectivity index (χ3v) is 7.62. The van der Waals surface area contributed by atoms with Crippen LogP contribution in [0.15, 0.2) is 30.5 Å². The molecule has 166 valence electrons. The molecule has 1 saturated heterocycles. The molecule has 2 aromatic carbocycles. The number of benzene rings is 2. The fraction of sp³-hybridized carbons (Fsp3) is 0.375. The quantitative estimate of drug-likeness (QED) is 0.340. The number of halogens is 2. The summed E-state index contributed by atoms with van der Waals surface area (Å²) >= 11 is 2.15. The van der Waals surface area contributed by atoms with Gasteiger partial charge in [0.05, 0.1) is 17.8 Å². The van der Waals surface area contributed by atoms with Gasteiger partial charge in [0.25, 0.3) is 0 Å². The van der Waals surface area contributed by atoms with Gasteiger partial charge in [-0.25, -0.2) is 9.07 Å². The smallest absolute Gasteiger partial charge is 0.309 e. The molecule has 3 atom stereocenters. The highest BCUT2D eigenvalue weighted by molar-refractivity contribution is 14.1. The summed E-state index contributed by atoms with van der Waals surface area (Å²) in [6.07, 6.45) is 3.32. The standard InChI is InChI=1S/C24H23FIN3O3/c1-12-8-21(14(3)22-17(12)5-6-18-13(2)24(30)32-23(18)22)31-11-16-10-27-28-29(16)20-9-15(25)4-7-19(20)26/h4,7-10,13,18,23H,5-6,11H2,1-3H3/t13-,18-,23+/m0/s1. The van der Waals surface area contributed by atoms with Gasteiger partial charge in [0.2, 0.25) is 0 Å². The van der Waals surface area contributed by atoms with E-state index in [4.69, 9.17) is 9.47 Å². The van der Waals surface area contributed by atoms with Crippen LogP contribution in [-0.4, -0.2) is 21.0 Å². The van der Waals surface area contributed by atoms with Gasteiger partial charge >= 0.3 is 5.97 Å². The average Bonchev–Trinajstić information content (AvgIpc) is 3.35. The number of fused-ring (bicyclic) bond motifs is 3. The third-order valence-electron chi connectivity index (χ3n) is 6.71. The van der Waals surface area contributed by atoms with Crippen LogP contribution >= 0.6 is 22.6 Å². The van der Waals surface area contributed by atoms with E-state index < -0.39 is 0 Å². The van der Waals surface area contributed by atoms with Gasteiger partial charge in [-0.3, -0.25) is 4.79 Å². The van der Waals surface area contributed by atoms with Crippen molar-refractivity contribution in [2.24, 2.45) is 11.8 Å². The Morgan fingerprint density at radius 3 is 2.94 bits per heavy atom. The van der Waals surface area contributed by atoms with Gasteiger partial charge in [-0.1, -0.05) is 12.1 Å². The third kappa shape index (κ3) is 3.48. The number of carbonyl (C=O) groups excluding carboxylic acids is 1. The van der Waals surface area contributed by atoms with Crippen LogP contribution < -0.4 is 4.74 Å². The molecule has 0 unspecified atom stereocenters. The Bertz CT molecular complexity index is 1230. The first-order valence-electron chi connectivity index (χ1n) is 10.7. The van der Waals surface area contributed by atoms with Crippen molar-refractivity contribution in [3.8, 4) is 11.4 Å². The van der Waals surface area contributed by atoms with Gasteiger partial charge in [0, 0.05) is 21.1 Å². The normalized spacial score (nSPS) is 21.8. The van der Waals surface area contributed by atoms with E-state index in [0.717, 1.165) is 38.9 Å². The highest BCUT2D eigenvalue weighted by Gasteiger charge is 2.46. The predicted octanol–water partition coefficient (Wildman–Crippen LogP) is 5.00. The predicted molar refractivity (Wildman–Crippen MR) is 124 cm³/mol. The first kappa shape index (κ1) is 21.4. The molecule has 2 heterocycles. The Kier molecular flexibility index (Phi) is 5.43. The first-order valence-corrected chi connectivity index (χ1v) is 11.7. The second-order valence-corrected chi connectivity index (χ2v) is 9.74. The van der Waals surface area contributed by atoms with Crippen LogP contribution in [0.2, 0.25) is 0 Å². The lowest BCUT2D eigenvalue weighted by Crippen LogP contribution is -2.22. The van der Waals surface area contributed by atoms with Gasteiger partial charge in [-0.15, -0.1) is 5.10 Å². The van der Waals surface area contributed by atoms with Crippen LogP contribution in [-0.2, 0) is 22.6 Å². The maximum atomic E-state index is 13.8. The largest absolute Gasteiger partial charge is 0.487 e. The number of esters is 1. The molecular weight excluding hydrogens is 524 g/mol. The Hall–Kier alpha value is -2.49. The van der Waals surface area contributed by atoms with Crippen molar-refractivity contribution in [2.75, 3.05) is 0 Å². The molecule has 2 aliphatic rings. The van der Waals surface area contributed by atoms with Crippen molar-refractivity contribution in [3.63, 3.8) is 0 Å². The molecule has 0 amide bonds. The zero-order chi connectivity index (χ0) is 22.6. The number of hydrogen-bond donors (Lipinski definition) is 0. The number of carbonyl (C=O) groups is 1. The molecule has 0 bridgehead atoms. The molecular formula is C24H23FIN3O3. The summed E-state index contributed by atoms with van der Waals surface area (Å²) in [4.78, 5) is 12.2. The van der Waals surface area contributed by atoms with Gasteiger partial charge in [-0.2, -0.15) is 0 Å². The highest BCUT2D eigenvalue weighted by Crippen LogP contribution is 2.49. The van der Waals surface area contributed by atoms with E-state index in [1.54, 1.807) is 16.9 Å². The van der Waals surface area contributed by atoms with E-state index in [1.807, 2.05) is 13.8 Å². The lowest BCUT2D eigenvalue weighted by atomic mass is 9.74. The van der Waals surface area contributed by atoms with E-state index in [-0.39, 0.29) is 36.3 Å². The van der Waals surface area contributed by atoms with E-state index in [2.05, 4.69) is 45.9 Å². The maximum absolute atomic E-state index is 13.8. The van der Waals surface area contributed by atoms with Crippen molar-refractivity contribution >= 4 is 28.6 Å². The topological polar surface area (TPSA) is 66.2 Å². The van der Waals surface area contributed by atoms with Crippen molar-refractivity contribution in [1.29, 1.82) is 0 Å². The number of aromatic nitrogens is 3. The van der Waals surface area contributed by atoms with Crippen LogP contribution in [0.5, 0.6) is 5.75 Å². The van der Waals surface area contributed by atoms with Crippen molar-refractivity contribution < 1.29 is 18.7 Å². The van der Waals surface area contributed by atoms with E-state index in [9.17, 15) is 9.18 Å². The van der Waals surface area contributed by atoms with Gasteiger partial charge < -0.3 is 9.47 Å². The van der Waals surface area contributed by atoms with Gasteiger partial charge in [0.1, 0.15) is 30.0 Å². The van der Waals surface area contributed by atoms with Crippen molar-refractivity contribution in [1.82, 2.24) is 15.0 Å².